The molecule has 2 aromatic carbocycles. The Kier molecular flexibility index (Phi) is 4.04. The van der Waals surface area contributed by atoms with Crippen LogP contribution in [-0.4, -0.2) is 25.5 Å². The van der Waals surface area contributed by atoms with E-state index in [9.17, 15) is 15.0 Å². The smallest absolute Gasteiger partial charge is 0.235 e. The van der Waals surface area contributed by atoms with Crippen LogP contribution in [0.1, 0.15) is 15.9 Å². The molecule has 0 spiro atoms. The Morgan fingerprint density at radius 2 is 1.90 bits per heavy atom. The van der Waals surface area contributed by atoms with Gasteiger partial charge in [0.2, 0.25) is 5.78 Å². The fourth-order valence-electron chi connectivity index (χ4n) is 3.74. The van der Waals surface area contributed by atoms with Gasteiger partial charge in [0, 0.05) is 47.5 Å². The minimum Gasteiger partial charge on any atom is -0.508 e. The number of aryl methyl sites for hydroxylation is 1. The van der Waals surface area contributed by atoms with Gasteiger partial charge in [-0.25, -0.2) is 4.98 Å². The van der Waals surface area contributed by atoms with Gasteiger partial charge in [-0.15, -0.1) is 0 Å². The molecule has 0 amide bonds. The van der Waals surface area contributed by atoms with Gasteiger partial charge >= 0.3 is 0 Å². The van der Waals surface area contributed by atoms with Crippen molar-refractivity contribution in [2.75, 3.05) is 0 Å². The third kappa shape index (κ3) is 2.81. The summed E-state index contributed by atoms with van der Waals surface area (Å²) in [5.41, 5.74) is 3.42. The number of Topliss-reactive ketones (excluding diaryl/α,β-unsaturated/α-hetero) is 1. The Morgan fingerprint density at radius 3 is 2.67 bits per heavy atom. The summed E-state index contributed by atoms with van der Waals surface area (Å²) in [4.78, 5) is 17.3. The molecule has 0 bridgehead atoms. The highest BCUT2D eigenvalue weighted by Gasteiger charge is 2.31. The summed E-state index contributed by atoms with van der Waals surface area (Å²) in [7, 11) is 1.87. The number of hydrogen-bond acceptors (Lipinski definition) is 5. The minimum atomic E-state index is -0.448. The molecule has 2 N–H and O–H groups in total. The lowest BCUT2D eigenvalue weighted by atomic mass is 10.0. The van der Waals surface area contributed by atoms with Gasteiger partial charge in [-0.1, -0.05) is 23.7 Å². The number of benzene rings is 2. The molecular weight excluding hydrogens is 404 g/mol. The maximum atomic E-state index is 12.8. The molecule has 2 aromatic heterocycles. The Hall–Kier alpha value is -3.77. The highest BCUT2D eigenvalue weighted by molar-refractivity contribution is 6.30. The van der Waals surface area contributed by atoms with Crippen LogP contribution < -0.4 is 4.74 Å². The fourth-order valence-corrected chi connectivity index (χ4v) is 3.86. The number of hydrogen-bond donors (Lipinski definition) is 2. The normalized spacial score (nSPS) is 14.3. The number of phenolic OH excluding ortho intramolecular Hbond substituents is 2. The third-order valence-electron chi connectivity index (χ3n) is 5.07. The number of carbonyl (C=O) groups is 1. The average Bonchev–Trinajstić information content (AvgIpc) is 3.19. The average molecular weight is 419 g/mol. The van der Waals surface area contributed by atoms with E-state index in [2.05, 4.69) is 4.98 Å². The number of halogens is 1. The van der Waals surface area contributed by atoms with Crippen LogP contribution >= 0.6 is 11.6 Å². The molecule has 0 aliphatic carbocycles. The second kappa shape index (κ2) is 6.64. The van der Waals surface area contributed by atoms with Gasteiger partial charge in [-0.2, -0.15) is 0 Å². The molecule has 0 radical (unpaired) electrons. The molecule has 30 heavy (non-hydrogen) atoms. The van der Waals surface area contributed by atoms with E-state index in [1.807, 2.05) is 48.1 Å². The van der Waals surface area contributed by atoms with Crippen molar-refractivity contribution in [1.82, 2.24) is 9.55 Å². The lowest BCUT2D eigenvalue weighted by molar-refractivity contribution is 0.101. The molecule has 0 saturated heterocycles. The third-order valence-corrected chi connectivity index (χ3v) is 5.32. The van der Waals surface area contributed by atoms with Crippen molar-refractivity contribution >= 4 is 34.5 Å². The van der Waals surface area contributed by atoms with E-state index in [4.69, 9.17) is 16.3 Å². The van der Waals surface area contributed by atoms with Crippen LogP contribution in [0.25, 0.3) is 28.2 Å². The summed E-state index contributed by atoms with van der Waals surface area (Å²) in [5.74, 6) is -0.764. The van der Waals surface area contributed by atoms with Gasteiger partial charge in [0.1, 0.15) is 28.5 Å². The molecule has 4 aromatic rings. The number of phenols is 2. The lowest BCUT2D eigenvalue weighted by Gasteiger charge is -2.06. The zero-order chi connectivity index (χ0) is 21.0. The number of ether oxygens (including phenoxy) is 1. The molecule has 0 fully saturated rings. The first-order valence-electron chi connectivity index (χ1n) is 9.12. The van der Waals surface area contributed by atoms with Crippen LogP contribution in [0, 0.1) is 0 Å². The number of fused-ring (bicyclic) bond motifs is 2. The summed E-state index contributed by atoms with van der Waals surface area (Å²) in [6.45, 7) is 0. The maximum Gasteiger partial charge on any atom is 0.235 e. The van der Waals surface area contributed by atoms with Crippen molar-refractivity contribution in [1.29, 1.82) is 0 Å². The van der Waals surface area contributed by atoms with Crippen molar-refractivity contribution < 1.29 is 19.7 Å². The predicted octanol–water partition coefficient (Wildman–Crippen LogP) is 4.92. The highest BCUT2D eigenvalue weighted by Crippen LogP contribution is 2.41. The van der Waals surface area contributed by atoms with Gasteiger partial charge in [0.05, 0.1) is 0 Å². The van der Waals surface area contributed by atoms with Gasteiger partial charge < -0.3 is 19.5 Å². The van der Waals surface area contributed by atoms with Crippen molar-refractivity contribution in [2.45, 2.75) is 0 Å². The Labute approximate surface area is 176 Å². The van der Waals surface area contributed by atoms with Crippen LogP contribution in [0.3, 0.4) is 0 Å². The predicted molar refractivity (Wildman–Crippen MR) is 114 cm³/mol. The van der Waals surface area contributed by atoms with E-state index in [1.165, 1.54) is 6.07 Å². The summed E-state index contributed by atoms with van der Waals surface area (Å²) < 4.78 is 7.52. The zero-order valence-electron chi connectivity index (χ0n) is 15.8. The lowest BCUT2D eigenvalue weighted by Crippen LogP contribution is -1.98. The van der Waals surface area contributed by atoms with E-state index >= 15 is 0 Å². The summed E-state index contributed by atoms with van der Waals surface area (Å²) in [6.07, 6.45) is 5.22. The maximum absolute atomic E-state index is 12.8. The number of aromatic hydroxyl groups is 2. The number of pyridine rings is 1. The summed E-state index contributed by atoms with van der Waals surface area (Å²) in [6, 6.07) is 11.8. The number of aromatic nitrogens is 2. The summed E-state index contributed by atoms with van der Waals surface area (Å²) in [5, 5.41) is 21.2. The van der Waals surface area contributed by atoms with Gasteiger partial charge in [0.15, 0.2) is 5.76 Å². The largest absolute Gasteiger partial charge is 0.508 e. The summed E-state index contributed by atoms with van der Waals surface area (Å²) >= 11 is 6.03. The second-order valence-electron chi connectivity index (χ2n) is 7.04. The molecule has 6 nitrogen and oxygen atoms in total. The van der Waals surface area contributed by atoms with Crippen LogP contribution in [0.2, 0.25) is 5.02 Å². The van der Waals surface area contributed by atoms with E-state index in [0.717, 1.165) is 33.8 Å². The standard InChI is InChI=1S/C23H15ClN2O4/c1-26-11-13(8-19-22(29)21-17(28)9-15(27)10-18(21)30-19)20-16(6-7-25-23(20)26)12-2-4-14(24)5-3-12/h2-11,27-28H,1H3/b19-8-. The first kappa shape index (κ1) is 18.3. The highest BCUT2D eigenvalue weighted by atomic mass is 35.5. The van der Waals surface area contributed by atoms with Crippen molar-refractivity contribution in [2.24, 2.45) is 7.05 Å². The molecule has 0 unspecified atom stereocenters. The van der Waals surface area contributed by atoms with E-state index in [0.29, 0.717) is 5.02 Å². The molecule has 3 heterocycles. The van der Waals surface area contributed by atoms with Crippen molar-refractivity contribution in [3.05, 3.63) is 76.8 Å². The number of allylic oxidation sites excluding steroid dienone is 1. The van der Waals surface area contributed by atoms with E-state index in [-0.39, 0.29) is 28.6 Å². The topological polar surface area (TPSA) is 84.6 Å². The first-order chi connectivity index (χ1) is 14.4. The van der Waals surface area contributed by atoms with Gasteiger partial charge in [-0.05, 0) is 35.4 Å². The van der Waals surface area contributed by atoms with Crippen LogP contribution in [-0.2, 0) is 7.05 Å². The number of rotatable bonds is 2. The molecule has 0 atom stereocenters. The Morgan fingerprint density at radius 1 is 1.13 bits per heavy atom. The van der Waals surface area contributed by atoms with E-state index in [1.54, 1.807) is 12.3 Å². The number of carbonyl (C=O) groups excluding carboxylic acids is 1. The SMILES string of the molecule is Cn1cc(/C=C2\Oc3cc(O)cc(O)c3C2=O)c2c(-c3ccc(Cl)cc3)ccnc21. The molecular formula is C23H15ClN2O4. The molecule has 148 valence electrons. The molecule has 5 rings (SSSR count). The van der Waals surface area contributed by atoms with Crippen LogP contribution in [0.4, 0.5) is 0 Å². The minimum absolute atomic E-state index is 0.0373. The molecule has 1 aliphatic rings. The number of nitrogens with zero attached hydrogens (tertiary/aromatic N) is 2. The Balaban J connectivity index is 1.68. The number of ketones is 1. The Bertz CT molecular complexity index is 1370. The van der Waals surface area contributed by atoms with E-state index < -0.39 is 5.78 Å². The first-order valence-corrected chi connectivity index (χ1v) is 9.50. The monoisotopic (exact) mass is 418 g/mol. The second-order valence-corrected chi connectivity index (χ2v) is 7.47. The van der Waals surface area contributed by atoms with Gasteiger partial charge in [0.25, 0.3) is 0 Å². The van der Waals surface area contributed by atoms with Crippen molar-refractivity contribution in [3.63, 3.8) is 0 Å². The fraction of sp³-hybridized carbons (Fsp3) is 0.0435. The molecule has 0 saturated carbocycles. The van der Waals surface area contributed by atoms with Crippen LogP contribution in [0.15, 0.2) is 60.6 Å². The molecule has 1 aliphatic heterocycles. The molecule has 7 heteroatoms. The zero-order valence-corrected chi connectivity index (χ0v) is 16.5. The quantitative estimate of drug-likeness (QED) is 0.451. The van der Waals surface area contributed by atoms with Gasteiger partial charge in [-0.3, -0.25) is 4.79 Å². The van der Waals surface area contributed by atoms with Crippen molar-refractivity contribution in [3.8, 4) is 28.4 Å². The van der Waals surface area contributed by atoms with Crippen LogP contribution in [0.5, 0.6) is 17.2 Å².